The molecule has 7 nitrogen and oxygen atoms in total. The van der Waals surface area contributed by atoms with Crippen molar-refractivity contribution in [3.63, 3.8) is 0 Å². The van der Waals surface area contributed by atoms with Crippen molar-refractivity contribution in [2.75, 3.05) is 50.8 Å². The van der Waals surface area contributed by atoms with Crippen LogP contribution in [0.4, 0.5) is 5.82 Å². The Bertz CT molecular complexity index is 1080. The smallest absolute Gasteiger partial charge is 0.221 e. The lowest BCUT2D eigenvalue weighted by molar-refractivity contribution is -0.121. The second kappa shape index (κ2) is 10.2. The number of hydrogen-bond acceptors (Lipinski definition) is 7. The van der Waals surface area contributed by atoms with E-state index in [-0.39, 0.29) is 11.8 Å². The number of hydrogen-bond donors (Lipinski definition) is 1. The molecule has 5 rings (SSSR count). The highest BCUT2D eigenvalue weighted by atomic mass is 32.1. The fourth-order valence-electron chi connectivity index (χ4n) is 4.95. The number of amides is 1. The number of rotatable bonds is 8. The van der Waals surface area contributed by atoms with Gasteiger partial charge < -0.3 is 20.3 Å². The van der Waals surface area contributed by atoms with Gasteiger partial charge in [-0.3, -0.25) is 4.79 Å². The fraction of sp³-hybridized carbons (Fsp3) is 0.480. The van der Waals surface area contributed by atoms with Gasteiger partial charge >= 0.3 is 0 Å². The van der Waals surface area contributed by atoms with E-state index in [0.717, 1.165) is 69.2 Å². The maximum atomic E-state index is 11.3. The average Bonchev–Trinajstić information content (AvgIpc) is 3.50. The Morgan fingerprint density at radius 3 is 2.70 bits per heavy atom. The number of nitrogens with two attached hydrogens (primary N) is 1. The average molecular weight is 466 g/mol. The van der Waals surface area contributed by atoms with E-state index >= 15 is 0 Å². The zero-order valence-corrected chi connectivity index (χ0v) is 19.7. The predicted octanol–water partition coefficient (Wildman–Crippen LogP) is 3.40. The highest BCUT2D eigenvalue weighted by Gasteiger charge is 2.27. The first kappa shape index (κ1) is 22.3. The van der Waals surface area contributed by atoms with Crippen LogP contribution in [-0.4, -0.2) is 66.7 Å². The van der Waals surface area contributed by atoms with Crippen molar-refractivity contribution in [1.82, 2.24) is 14.9 Å². The molecule has 1 unspecified atom stereocenters. The Morgan fingerprint density at radius 2 is 1.94 bits per heavy atom. The van der Waals surface area contributed by atoms with Crippen molar-refractivity contribution in [1.29, 1.82) is 0 Å². The van der Waals surface area contributed by atoms with Crippen LogP contribution in [-0.2, 0) is 9.53 Å². The van der Waals surface area contributed by atoms with Crippen molar-refractivity contribution in [3.8, 4) is 11.1 Å². The standard InChI is InChI=1S/C25H31N5O2S/c26-23(31)20-8-9-29(14-20)12-13-32-15-18-6-10-30(11-7-18)24-22-21(19-4-2-1-3-5-19)16-33-25(22)28-17-27-24/h1-5,16-18,20H,6-15H2,(H2,26,31). The minimum absolute atomic E-state index is 0.00761. The number of aromatic nitrogens is 2. The summed E-state index contributed by atoms with van der Waals surface area (Å²) in [6.45, 7) is 6.07. The molecule has 1 aromatic carbocycles. The first-order valence-corrected chi connectivity index (χ1v) is 12.7. The predicted molar refractivity (Wildman–Crippen MR) is 132 cm³/mol. The molecule has 2 aliphatic heterocycles. The molecule has 2 saturated heterocycles. The van der Waals surface area contributed by atoms with E-state index < -0.39 is 0 Å². The summed E-state index contributed by atoms with van der Waals surface area (Å²) in [6, 6.07) is 10.5. The van der Waals surface area contributed by atoms with Crippen LogP contribution < -0.4 is 10.6 Å². The van der Waals surface area contributed by atoms with E-state index in [9.17, 15) is 4.79 Å². The summed E-state index contributed by atoms with van der Waals surface area (Å²) in [4.78, 5) is 26.3. The number of anilines is 1. The minimum atomic E-state index is -0.176. The van der Waals surface area contributed by atoms with Crippen LogP contribution >= 0.6 is 11.3 Å². The van der Waals surface area contributed by atoms with Crippen molar-refractivity contribution < 1.29 is 9.53 Å². The second-order valence-electron chi connectivity index (χ2n) is 9.09. The third kappa shape index (κ3) is 5.03. The number of primary amides is 1. The monoisotopic (exact) mass is 465 g/mol. The van der Waals surface area contributed by atoms with Gasteiger partial charge in [-0.05, 0) is 37.3 Å². The van der Waals surface area contributed by atoms with Crippen LogP contribution in [0, 0.1) is 11.8 Å². The van der Waals surface area contributed by atoms with Gasteiger partial charge in [0.25, 0.3) is 0 Å². The molecule has 1 atom stereocenters. The molecule has 0 saturated carbocycles. The molecular formula is C25H31N5O2S. The topological polar surface area (TPSA) is 84.6 Å². The molecule has 3 aromatic rings. The Hall–Kier alpha value is -2.55. The van der Waals surface area contributed by atoms with Gasteiger partial charge in [0, 0.05) is 43.7 Å². The van der Waals surface area contributed by atoms with Gasteiger partial charge in [-0.2, -0.15) is 0 Å². The van der Waals surface area contributed by atoms with Gasteiger partial charge in [-0.15, -0.1) is 11.3 Å². The van der Waals surface area contributed by atoms with Crippen LogP contribution in [0.3, 0.4) is 0 Å². The quantitative estimate of drug-likeness (QED) is 0.514. The molecule has 2 aliphatic rings. The SMILES string of the molecule is NC(=O)C1CCN(CCOCC2CCN(c3ncnc4scc(-c5ccccc5)c34)CC2)C1. The summed E-state index contributed by atoms with van der Waals surface area (Å²) in [5, 5.41) is 3.37. The second-order valence-corrected chi connectivity index (χ2v) is 9.94. The summed E-state index contributed by atoms with van der Waals surface area (Å²) in [7, 11) is 0. The van der Waals surface area contributed by atoms with Crippen molar-refractivity contribution in [2.45, 2.75) is 19.3 Å². The van der Waals surface area contributed by atoms with Crippen molar-refractivity contribution >= 4 is 33.3 Å². The normalized spacial score (nSPS) is 20.0. The molecule has 2 aromatic heterocycles. The number of fused-ring (bicyclic) bond motifs is 1. The third-order valence-electron chi connectivity index (χ3n) is 6.93. The lowest BCUT2D eigenvalue weighted by Gasteiger charge is -2.33. The van der Waals surface area contributed by atoms with Gasteiger partial charge in [0.1, 0.15) is 17.0 Å². The number of benzene rings is 1. The number of thiophene rings is 1. The van der Waals surface area contributed by atoms with Crippen LogP contribution in [0.2, 0.25) is 0 Å². The molecular weight excluding hydrogens is 434 g/mol. The van der Waals surface area contributed by atoms with Crippen molar-refractivity contribution in [3.05, 3.63) is 42.0 Å². The maximum Gasteiger partial charge on any atom is 0.221 e. The highest BCUT2D eigenvalue weighted by molar-refractivity contribution is 7.17. The van der Waals surface area contributed by atoms with Gasteiger partial charge in [0.05, 0.1) is 17.9 Å². The number of carbonyl (C=O) groups is 1. The molecule has 174 valence electrons. The Balaban J connectivity index is 1.14. The first-order chi connectivity index (χ1) is 16.2. The minimum Gasteiger partial charge on any atom is -0.380 e. The summed E-state index contributed by atoms with van der Waals surface area (Å²) >= 11 is 1.69. The lowest BCUT2D eigenvalue weighted by Crippen LogP contribution is -2.36. The van der Waals surface area contributed by atoms with Crippen LogP contribution in [0.25, 0.3) is 21.3 Å². The Labute approximate surface area is 198 Å². The van der Waals surface area contributed by atoms with E-state index in [1.807, 2.05) is 6.07 Å². The van der Waals surface area contributed by atoms with Crippen LogP contribution in [0.1, 0.15) is 19.3 Å². The molecule has 2 fully saturated rings. The Kier molecular flexibility index (Phi) is 6.85. The van der Waals surface area contributed by atoms with Crippen LogP contribution in [0.15, 0.2) is 42.0 Å². The molecule has 0 radical (unpaired) electrons. The molecule has 33 heavy (non-hydrogen) atoms. The third-order valence-corrected chi connectivity index (χ3v) is 7.82. The van der Waals surface area contributed by atoms with E-state index in [0.29, 0.717) is 12.5 Å². The highest BCUT2D eigenvalue weighted by Crippen LogP contribution is 2.38. The van der Waals surface area contributed by atoms with Gasteiger partial charge in [0.2, 0.25) is 5.91 Å². The summed E-state index contributed by atoms with van der Waals surface area (Å²) < 4.78 is 6.01. The molecule has 8 heteroatoms. The largest absolute Gasteiger partial charge is 0.380 e. The van der Waals surface area contributed by atoms with E-state index in [2.05, 4.69) is 44.4 Å². The van der Waals surface area contributed by atoms with E-state index in [1.54, 1.807) is 17.7 Å². The number of likely N-dealkylation sites (tertiary alicyclic amines) is 1. The number of piperidine rings is 1. The zero-order chi connectivity index (χ0) is 22.6. The van der Waals surface area contributed by atoms with E-state index in [1.165, 1.54) is 16.5 Å². The summed E-state index contributed by atoms with van der Waals surface area (Å²) in [5.74, 6) is 1.46. The zero-order valence-electron chi connectivity index (χ0n) is 18.9. The lowest BCUT2D eigenvalue weighted by atomic mass is 9.97. The summed E-state index contributed by atoms with van der Waals surface area (Å²) in [6.07, 6.45) is 4.77. The molecule has 0 aliphatic carbocycles. The summed E-state index contributed by atoms with van der Waals surface area (Å²) in [5.41, 5.74) is 7.85. The number of nitrogens with zero attached hydrogens (tertiary/aromatic N) is 4. The molecule has 1 amide bonds. The Morgan fingerprint density at radius 1 is 1.12 bits per heavy atom. The van der Waals surface area contributed by atoms with Crippen molar-refractivity contribution in [2.24, 2.45) is 17.6 Å². The van der Waals surface area contributed by atoms with Gasteiger partial charge in [0.15, 0.2) is 0 Å². The molecule has 4 heterocycles. The van der Waals surface area contributed by atoms with Gasteiger partial charge in [-0.1, -0.05) is 30.3 Å². The van der Waals surface area contributed by atoms with Gasteiger partial charge in [-0.25, -0.2) is 9.97 Å². The maximum absolute atomic E-state index is 11.3. The van der Waals surface area contributed by atoms with Crippen LogP contribution in [0.5, 0.6) is 0 Å². The molecule has 0 bridgehead atoms. The number of ether oxygens (including phenoxy) is 1. The molecule has 0 spiro atoms. The first-order valence-electron chi connectivity index (χ1n) is 11.8. The fourth-order valence-corrected chi connectivity index (χ4v) is 5.86. The number of carbonyl (C=O) groups excluding carboxylic acids is 1. The van der Waals surface area contributed by atoms with E-state index in [4.69, 9.17) is 15.5 Å². The molecule has 2 N–H and O–H groups in total.